The number of benzene rings is 1. The molecule has 1 aromatic rings. The number of amides is 2. The summed E-state index contributed by atoms with van der Waals surface area (Å²) in [7, 11) is 0. The van der Waals surface area contributed by atoms with Gasteiger partial charge in [-0.15, -0.1) is 0 Å². The van der Waals surface area contributed by atoms with Gasteiger partial charge in [-0.1, -0.05) is 29.8 Å². The van der Waals surface area contributed by atoms with E-state index in [0.717, 1.165) is 0 Å². The summed E-state index contributed by atoms with van der Waals surface area (Å²) in [4.78, 5) is 34.6. The summed E-state index contributed by atoms with van der Waals surface area (Å²) in [6, 6.07) is 6.00. The van der Waals surface area contributed by atoms with E-state index in [0.29, 0.717) is 30.0 Å². The van der Waals surface area contributed by atoms with Gasteiger partial charge in [-0.05, 0) is 46.1 Å². The van der Waals surface area contributed by atoms with Crippen molar-refractivity contribution in [3.63, 3.8) is 0 Å². The van der Waals surface area contributed by atoms with Crippen LogP contribution in [0.4, 0.5) is 9.59 Å². The first-order valence-electron chi connectivity index (χ1n) is 8.95. The third-order valence-corrected chi connectivity index (χ3v) is 3.86. The molecule has 0 heterocycles. The summed E-state index contributed by atoms with van der Waals surface area (Å²) in [5.74, 6) is -1.14. The van der Waals surface area contributed by atoms with E-state index in [1.54, 1.807) is 45.0 Å². The highest BCUT2D eigenvalue weighted by atomic mass is 35.5. The van der Waals surface area contributed by atoms with Crippen LogP contribution in [0.2, 0.25) is 5.02 Å². The molecule has 156 valence electrons. The van der Waals surface area contributed by atoms with Crippen molar-refractivity contribution in [2.45, 2.75) is 58.3 Å². The average molecular weight is 415 g/mol. The number of nitrogens with one attached hydrogen (secondary N) is 2. The highest BCUT2D eigenvalue weighted by Crippen LogP contribution is 2.15. The molecule has 0 aliphatic heterocycles. The normalized spacial score (nSPS) is 12.0. The molecule has 1 atom stereocenters. The fraction of sp³-hybridized carbons (Fsp3) is 0.526. The molecule has 0 aromatic heterocycles. The van der Waals surface area contributed by atoms with Crippen molar-refractivity contribution in [1.82, 2.24) is 10.6 Å². The van der Waals surface area contributed by atoms with Gasteiger partial charge in [0, 0.05) is 17.1 Å². The Labute approximate surface area is 169 Å². The van der Waals surface area contributed by atoms with Gasteiger partial charge < -0.3 is 25.2 Å². The maximum atomic E-state index is 11.7. The summed E-state index contributed by atoms with van der Waals surface area (Å²) in [6.07, 6.45) is -0.133. The van der Waals surface area contributed by atoms with Gasteiger partial charge in [-0.25, -0.2) is 14.4 Å². The number of unbranched alkanes of at least 4 members (excludes halogenated alkanes) is 1. The zero-order chi connectivity index (χ0) is 21.2. The highest BCUT2D eigenvalue weighted by molar-refractivity contribution is 6.31. The molecule has 0 saturated heterocycles. The molecule has 2 amide bonds. The quantitative estimate of drug-likeness (QED) is 0.530. The Morgan fingerprint density at radius 3 is 2.43 bits per heavy atom. The maximum absolute atomic E-state index is 11.7. The molecule has 0 fully saturated rings. The van der Waals surface area contributed by atoms with Gasteiger partial charge in [0.25, 0.3) is 0 Å². The van der Waals surface area contributed by atoms with E-state index in [1.807, 2.05) is 0 Å². The summed E-state index contributed by atoms with van der Waals surface area (Å²) in [5.41, 5.74) is -0.00155. The number of carboxylic acids is 1. The molecule has 28 heavy (non-hydrogen) atoms. The maximum Gasteiger partial charge on any atom is 0.408 e. The molecule has 0 radical (unpaired) electrons. The van der Waals surface area contributed by atoms with E-state index in [1.165, 1.54) is 0 Å². The lowest BCUT2D eigenvalue weighted by Gasteiger charge is -2.22. The third-order valence-electron chi connectivity index (χ3n) is 3.49. The van der Waals surface area contributed by atoms with Gasteiger partial charge in [0.05, 0.1) is 0 Å². The molecule has 0 aliphatic carbocycles. The molecule has 0 aliphatic rings. The molecule has 0 bridgehead atoms. The topological polar surface area (TPSA) is 114 Å². The fourth-order valence-electron chi connectivity index (χ4n) is 2.18. The Bertz CT molecular complexity index is 675. The summed E-state index contributed by atoms with van der Waals surface area (Å²) >= 11 is 5.98. The molecular formula is C19H27ClN2O6. The second kappa shape index (κ2) is 11.4. The van der Waals surface area contributed by atoms with Gasteiger partial charge in [0.1, 0.15) is 18.2 Å². The first kappa shape index (κ1) is 23.6. The molecule has 9 heteroatoms. The first-order chi connectivity index (χ1) is 13.1. The minimum Gasteiger partial charge on any atom is -0.480 e. The van der Waals surface area contributed by atoms with Crippen LogP contribution in [0.25, 0.3) is 0 Å². The number of halogens is 1. The predicted octanol–water partition coefficient (Wildman–Crippen LogP) is 3.71. The van der Waals surface area contributed by atoms with E-state index < -0.39 is 29.8 Å². The Hall–Kier alpha value is -2.48. The largest absolute Gasteiger partial charge is 0.480 e. The number of aliphatic carboxylic acids is 1. The second-order valence-electron chi connectivity index (χ2n) is 7.13. The number of hydrogen-bond acceptors (Lipinski definition) is 5. The highest BCUT2D eigenvalue weighted by Gasteiger charge is 2.23. The van der Waals surface area contributed by atoms with E-state index >= 15 is 0 Å². The Kier molecular flexibility index (Phi) is 9.58. The van der Waals surface area contributed by atoms with Gasteiger partial charge in [0.2, 0.25) is 0 Å². The van der Waals surface area contributed by atoms with Gasteiger partial charge in [-0.3, -0.25) is 0 Å². The number of rotatable bonds is 9. The Balaban J connectivity index is 2.24. The molecule has 1 aromatic carbocycles. The van der Waals surface area contributed by atoms with Crippen molar-refractivity contribution in [1.29, 1.82) is 0 Å². The van der Waals surface area contributed by atoms with Crippen molar-refractivity contribution >= 4 is 29.8 Å². The SMILES string of the molecule is CC(C)(C)OC(=O)NC(CCCCNC(=O)OCc1ccccc1Cl)C(=O)O. The zero-order valence-electron chi connectivity index (χ0n) is 16.3. The van der Waals surface area contributed by atoms with Crippen LogP contribution in [0.5, 0.6) is 0 Å². The first-order valence-corrected chi connectivity index (χ1v) is 9.32. The Morgan fingerprint density at radius 2 is 1.82 bits per heavy atom. The molecule has 0 saturated carbocycles. The number of ether oxygens (including phenoxy) is 2. The van der Waals surface area contributed by atoms with Gasteiger partial charge in [-0.2, -0.15) is 0 Å². The summed E-state index contributed by atoms with van der Waals surface area (Å²) < 4.78 is 10.1. The van der Waals surface area contributed by atoms with Crippen molar-refractivity contribution in [2.24, 2.45) is 0 Å². The van der Waals surface area contributed by atoms with E-state index in [4.69, 9.17) is 21.1 Å². The van der Waals surface area contributed by atoms with Crippen molar-refractivity contribution < 1.29 is 29.0 Å². The van der Waals surface area contributed by atoms with Crippen LogP contribution in [0, 0.1) is 0 Å². The number of alkyl carbamates (subject to hydrolysis) is 2. The fourth-order valence-corrected chi connectivity index (χ4v) is 2.37. The third kappa shape index (κ3) is 10.0. The zero-order valence-corrected chi connectivity index (χ0v) is 17.0. The average Bonchev–Trinajstić information content (AvgIpc) is 2.58. The standard InChI is InChI=1S/C19H27ClN2O6/c1-19(2,3)28-18(26)22-15(16(23)24)10-6-7-11-21-17(25)27-12-13-8-4-5-9-14(13)20/h4-5,8-9,15H,6-7,10-12H2,1-3H3,(H,21,25)(H,22,26)(H,23,24). The van der Waals surface area contributed by atoms with Crippen LogP contribution in [0.3, 0.4) is 0 Å². The number of carbonyl (C=O) groups is 3. The predicted molar refractivity (Wildman–Crippen MR) is 104 cm³/mol. The molecule has 0 spiro atoms. The molecule has 3 N–H and O–H groups in total. The van der Waals surface area contributed by atoms with Crippen LogP contribution >= 0.6 is 11.6 Å². The lowest BCUT2D eigenvalue weighted by atomic mass is 10.1. The van der Waals surface area contributed by atoms with Crippen molar-refractivity contribution in [3.8, 4) is 0 Å². The van der Waals surface area contributed by atoms with Crippen LogP contribution in [-0.4, -0.2) is 41.4 Å². The number of carboxylic acid groups (broad SMARTS) is 1. The number of carbonyl (C=O) groups excluding carboxylic acids is 2. The van der Waals surface area contributed by atoms with Crippen molar-refractivity contribution in [3.05, 3.63) is 34.9 Å². The Morgan fingerprint density at radius 1 is 1.14 bits per heavy atom. The summed E-state index contributed by atoms with van der Waals surface area (Å²) in [5, 5.41) is 14.6. The van der Waals surface area contributed by atoms with Crippen LogP contribution in [0.1, 0.15) is 45.6 Å². The lowest BCUT2D eigenvalue weighted by molar-refractivity contribution is -0.139. The van der Waals surface area contributed by atoms with Gasteiger partial charge >= 0.3 is 18.2 Å². The molecule has 1 rings (SSSR count). The second-order valence-corrected chi connectivity index (χ2v) is 7.53. The minimum atomic E-state index is -1.14. The van der Waals surface area contributed by atoms with Crippen LogP contribution in [-0.2, 0) is 20.9 Å². The molecule has 8 nitrogen and oxygen atoms in total. The van der Waals surface area contributed by atoms with Crippen LogP contribution in [0.15, 0.2) is 24.3 Å². The number of hydrogen-bond donors (Lipinski definition) is 3. The van der Waals surface area contributed by atoms with Crippen molar-refractivity contribution in [2.75, 3.05) is 6.54 Å². The van der Waals surface area contributed by atoms with Crippen LogP contribution < -0.4 is 10.6 Å². The van der Waals surface area contributed by atoms with E-state index in [2.05, 4.69) is 10.6 Å². The summed E-state index contributed by atoms with van der Waals surface area (Å²) in [6.45, 7) is 5.46. The van der Waals surface area contributed by atoms with E-state index in [-0.39, 0.29) is 13.0 Å². The lowest BCUT2D eigenvalue weighted by Crippen LogP contribution is -2.43. The minimum absolute atomic E-state index is 0.0619. The smallest absolute Gasteiger partial charge is 0.408 e. The van der Waals surface area contributed by atoms with Gasteiger partial charge in [0.15, 0.2) is 0 Å². The molecule has 1 unspecified atom stereocenters. The van der Waals surface area contributed by atoms with E-state index in [9.17, 15) is 19.5 Å². The monoisotopic (exact) mass is 414 g/mol. The molecular weight excluding hydrogens is 388 g/mol.